The molecule has 2 aromatic carbocycles. The monoisotopic (exact) mass is 336 g/mol. The third-order valence-electron chi connectivity index (χ3n) is 2.71. The van der Waals surface area contributed by atoms with Gasteiger partial charge in [-0.1, -0.05) is 30.3 Å². The van der Waals surface area contributed by atoms with Crippen LogP contribution in [0.25, 0.3) is 0 Å². The van der Waals surface area contributed by atoms with Crippen molar-refractivity contribution in [2.24, 2.45) is 0 Å². The predicted molar refractivity (Wildman–Crippen MR) is 80.9 cm³/mol. The molecule has 0 saturated carbocycles. The first-order valence-electron chi connectivity index (χ1n) is 6.15. The third-order valence-corrected chi connectivity index (χ3v) is 3.31. The Labute approximate surface area is 125 Å². The van der Waals surface area contributed by atoms with Crippen molar-refractivity contribution in [2.75, 3.05) is 11.9 Å². The van der Waals surface area contributed by atoms with E-state index in [1.807, 2.05) is 30.3 Å². The number of nitrogens with one attached hydrogen (secondary N) is 2. The van der Waals surface area contributed by atoms with Gasteiger partial charge in [0.1, 0.15) is 5.82 Å². The molecule has 0 aliphatic carbocycles. The molecule has 0 aromatic heterocycles. The quantitative estimate of drug-likeness (QED) is 0.879. The first kappa shape index (κ1) is 14.5. The summed E-state index contributed by atoms with van der Waals surface area (Å²) in [6.07, 6.45) is 0. The highest BCUT2D eigenvalue weighted by Crippen LogP contribution is 2.19. The molecule has 2 aromatic rings. The zero-order valence-corrected chi connectivity index (χ0v) is 12.3. The van der Waals surface area contributed by atoms with Gasteiger partial charge >= 0.3 is 0 Å². The summed E-state index contributed by atoms with van der Waals surface area (Å²) >= 11 is 3.10. The van der Waals surface area contributed by atoms with Crippen LogP contribution < -0.4 is 10.6 Å². The standard InChI is InChI=1S/C15H14BrFN2O/c16-13-8-12(6-7-14(13)17)18-10-15(20)19-9-11-4-2-1-3-5-11/h1-8,18H,9-10H2,(H,19,20). The Balaban J connectivity index is 1.79. The van der Waals surface area contributed by atoms with Crippen LogP contribution in [-0.2, 0) is 11.3 Å². The zero-order chi connectivity index (χ0) is 14.4. The van der Waals surface area contributed by atoms with Crippen LogP contribution in [0.1, 0.15) is 5.56 Å². The molecule has 2 N–H and O–H groups in total. The highest BCUT2D eigenvalue weighted by atomic mass is 79.9. The van der Waals surface area contributed by atoms with Crippen LogP contribution in [0.2, 0.25) is 0 Å². The van der Waals surface area contributed by atoms with Gasteiger partial charge in [-0.2, -0.15) is 0 Å². The Kier molecular flexibility index (Phi) is 5.12. The number of benzene rings is 2. The number of anilines is 1. The van der Waals surface area contributed by atoms with E-state index in [-0.39, 0.29) is 18.3 Å². The molecule has 1 amide bonds. The molecule has 0 saturated heterocycles. The van der Waals surface area contributed by atoms with Gasteiger partial charge in [-0.3, -0.25) is 4.79 Å². The highest BCUT2D eigenvalue weighted by molar-refractivity contribution is 9.10. The van der Waals surface area contributed by atoms with Gasteiger partial charge in [0, 0.05) is 12.2 Å². The third kappa shape index (κ3) is 4.35. The fourth-order valence-corrected chi connectivity index (χ4v) is 2.03. The van der Waals surface area contributed by atoms with Gasteiger partial charge in [0.05, 0.1) is 11.0 Å². The Morgan fingerprint density at radius 2 is 1.90 bits per heavy atom. The average molecular weight is 337 g/mol. The van der Waals surface area contributed by atoms with Crippen LogP contribution in [-0.4, -0.2) is 12.5 Å². The lowest BCUT2D eigenvalue weighted by Crippen LogP contribution is -2.29. The van der Waals surface area contributed by atoms with Gasteiger partial charge in [-0.25, -0.2) is 4.39 Å². The topological polar surface area (TPSA) is 41.1 Å². The van der Waals surface area contributed by atoms with E-state index in [4.69, 9.17) is 0 Å². The minimum Gasteiger partial charge on any atom is -0.376 e. The Morgan fingerprint density at radius 1 is 1.15 bits per heavy atom. The molecule has 0 unspecified atom stereocenters. The molecule has 5 heteroatoms. The molecule has 2 rings (SSSR count). The summed E-state index contributed by atoms with van der Waals surface area (Å²) < 4.78 is 13.4. The molecule has 0 spiro atoms. The summed E-state index contributed by atoms with van der Waals surface area (Å²) in [5.41, 5.74) is 1.73. The van der Waals surface area contributed by atoms with Gasteiger partial charge in [0.2, 0.25) is 5.91 Å². The minimum atomic E-state index is -0.330. The molecule has 0 aliphatic heterocycles. The van der Waals surface area contributed by atoms with E-state index in [1.165, 1.54) is 6.07 Å². The van der Waals surface area contributed by atoms with Crippen LogP contribution in [0, 0.1) is 5.82 Å². The summed E-state index contributed by atoms with van der Waals surface area (Å²) in [5, 5.41) is 5.75. The summed E-state index contributed by atoms with van der Waals surface area (Å²) in [5.74, 6) is -0.446. The first-order chi connectivity index (χ1) is 9.65. The lowest BCUT2D eigenvalue weighted by atomic mass is 10.2. The van der Waals surface area contributed by atoms with Crippen molar-refractivity contribution in [3.63, 3.8) is 0 Å². The van der Waals surface area contributed by atoms with Crippen molar-refractivity contribution >= 4 is 27.5 Å². The molecule has 3 nitrogen and oxygen atoms in total. The number of carbonyl (C=O) groups excluding carboxylic acids is 1. The van der Waals surface area contributed by atoms with Crippen LogP contribution in [0.4, 0.5) is 10.1 Å². The lowest BCUT2D eigenvalue weighted by molar-refractivity contribution is -0.119. The van der Waals surface area contributed by atoms with E-state index >= 15 is 0 Å². The number of amides is 1. The van der Waals surface area contributed by atoms with Crippen molar-refractivity contribution in [2.45, 2.75) is 6.54 Å². The van der Waals surface area contributed by atoms with E-state index < -0.39 is 0 Å². The van der Waals surface area contributed by atoms with E-state index in [0.29, 0.717) is 16.7 Å². The fraction of sp³-hybridized carbons (Fsp3) is 0.133. The van der Waals surface area contributed by atoms with Gasteiger partial charge in [0.15, 0.2) is 0 Å². The molecule has 0 heterocycles. The SMILES string of the molecule is O=C(CNc1ccc(F)c(Br)c1)NCc1ccccc1. The number of halogens is 2. The van der Waals surface area contributed by atoms with Gasteiger partial charge in [0.25, 0.3) is 0 Å². The van der Waals surface area contributed by atoms with Gasteiger partial charge in [-0.05, 0) is 39.7 Å². The Morgan fingerprint density at radius 3 is 2.60 bits per heavy atom. The van der Waals surface area contributed by atoms with Crippen molar-refractivity contribution in [1.82, 2.24) is 5.32 Å². The summed E-state index contributed by atoms with van der Waals surface area (Å²) in [7, 11) is 0. The van der Waals surface area contributed by atoms with Crippen LogP contribution in [0.5, 0.6) is 0 Å². The van der Waals surface area contributed by atoms with Gasteiger partial charge < -0.3 is 10.6 Å². The zero-order valence-electron chi connectivity index (χ0n) is 10.7. The van der Waals surface area contributed by atoms with Crippen LogP contribution >= 0.6 is 15.9 Å². The lowest BCUT2D eigenvalue weighted by Gasteiger charge is -2.08. The molecule has 0 aliphatic rings. The van der Waals surface area contributed by atoms with Crippen LogP contribution in [0.3, 0.4) is 0 Å². The van der Waals surface area contributed by atoms with E-state index in [1.54, 1.807) is 12.1 Å². The molecule has 0 atom stereocenters. The Bertz CT molecular complexity index is 590. The minimum absolute atomic E-state index is 0.116. The number of rotatable bonds is 5. The number of hydrogen-bond acceptors (Lipinski definition) is 2. The number of hydrogen-bond donors (Lipinski definition) is 2. The summed E-state index contributed by atoms with van der Waals surface area (Å²) in [6.45, 7) is 0.638. The van der Waals surface area contributed by atoms with Gasteiger partial charge in [-0.15, -0.1) is 0 Å². The molecule has 20 heavy (non-hydrogen) atoms. The van der Waals surface area contributed by atoms with Crippen LogP contribution in [0.15, 0.2) is 53.0 Å². The largest absolute Gasteiger partial charge is 0.376 e. The molecular weight excluding hydrogens is 323 g/mol. The summed E-state index contributed by atoms with van der Waals surface area (Å²) in [6, 6.07) is 14.2. The first-order valence-corrected chi connectivity index (χ1v) is 6.94. The van der Waals surface area contributed by atoms with E-state index in [0.717, 1.165) is 5.56 Å². The highest BCUT2D eigenvalue weighted by Gasteiger charge is 2.03. The van der Waals surface area contributed by atoms with E-state index in [2.05, 4.69) is 26.6 Å². The molecule has 0 bridgehead atoms. The van der Waals surface area contributed by atoms with Crippen molar-refractivity contribution < 1.29 is 9.18 Å². The van der Waals surface area contributed by atoms with E-state index in [9.17, 15) is 9.18 Å². The fourth-order valence-electron chi connectivity index (χ4n) is 1.65. The smallest absolute Gasteiger partial charge is 0.239 e. The normalized spacial score (nSPS) is 10.1. The second kappa shape index (κ2) is 7.05. The Hall–Kier alpha value is -1.88. The molecular formula is C15H14BrFN2O. The van der Waals surface area contributed by atoms with Crippen molar-refractivity contribution in [1.29, 1.82) is 0 Å². The number of carbonyl (C=O) groups is 1. The predicted octanol–water partition coefficient (Wildman–Crippen LogP) is 3.32. The maximum absolute atomic E-state index is 13.1. The molecule has 0 fully saturated rings. The van der Waals surface area contributed by atoms with Crippen molar-refractivity contribution in [3.05, 3.63) is 64.4 Å². The second-order valence-electron chi connectivity index (χ2n) is 4.24. The maximum atomic E-state index is 13.1. The summed E-state index contributed by atoms with van der Waals surface area (Å²) in [4.78, 5) is 11.7. The molecule has 0 radical (unpaired) electrons. The second-order valence-corrected chi connectivity index (χ2v) is 5.10. The maximum Gasteiger partial charge on any atom is 0.239 e. The molecule has 104 valence electrons. The van der Waals surface area contributed by atoms with Crippen molar-refractivity contribution in [3.8, 4) is 0 Å². The average Bonchev–Trinajstić information content (AvgIpc) is 2.47.